The molecule has 0 aliphatic carbocycles. The van der Waals surface area contributed by atoms with E-state index in [0.717, 1.165) is 19.3 Å². The third-order valence-corrected chi connectivity index (χ3v) is 1.49. The second-order valence-corrected chi connectivity index (χ2v) is 3.95. The summed E-state index contributed by atoms with van der Waals surface area (Å²) in [4.78, 5) is 11.2. The van der Waals surface area contributed by atoms with Gasteiger partial charge in [0.05, 0.1) is 12.0 Å². The van der Waals surface area contributed by atoms with Gasteiger partial charge in [-0.3, -0.25) is 4.79 Å². The minimum absolute atomic E-state index is 0.119. The number of unbranched alkanes of at least 4 members (excludes halogenated alkanes) is 2. The first-order valence-electron chi connectivity index (χ1n) is 4.45. The first-order valence-corrected chi connectivity index (χ1v) is 4.45. The molecule has 1 radical (unpaired) electrons. The summed E-state index contributed by atoms with van der Waals surface area (Å²) in [5, 5.41) is 0. The van der Waals surface area contributed by atoms with Gasteiger partial charge in [0.15, 0.2) is 0 Å². The molecule has 0 aliphatic rings. The molecule has 0 aromatic heterocycles. The van der Waals surface area contributed by atoms with E-state index in [0.29, 0.717) is 6.61 Å². The zero-order valence-electron chi connectivity index (χ0n) is 8.35. The maximum atomic E-state index is 11.2. The van der Waals surface area contributed by atoms with Gasteiger partial charge in [-0.25, -0.2) is 0 Å². The second kappa shape index (κ2) is 5.18. The number of esters is 1. The van der Waals surface area contributed by atoms with E-state index in [2.05, 4.69) is 6.92 Å². The summed E-state index contributed by atoms with van der Waals surface area (Å²) >= 11 is 0. The highest BCUT2D eigenvalue weighted by molar-refractivity contribution is 5.75. The van der Waals surface area contributed by atoms with Crippen LogP contribution >= 0.6 is 0 Å². The molecule has 2 heteroatoms. The summed E-state index contributed by atoms with van der Waals surface area (Å²) in [5.41, 5.74) is -0.371. The van der Waals surface area contributed by atoms with Crippen LogP contribution in [0.2, 0.25) is 0 Å². The van der Waals surface area contributed by atoms with Crippen LogP contribution < -0.4 is 0 Å². The molecule has 0 saturated heterocycles. The lowest BCUT2D eigenvalue weighted by molar-refractivity contribution is -0.153. The fraction of sp³-hybridized carbons (Fsp3) is 0.800. The van der Waals surface area contributed by atoms with E-state index in [9.17, 15) is 4.79 Å². The van der Waals surface area contributed by atoms with Crippen molar-refractivity contribution in [1.29, 1.82) is 0 Å². The normalized spacial score (nSPS) is 11.3. The standard InChI is InChI=1S/C10H19O2/c1-5-6-7-8-12-9(11)10(2,3)4/h1,5-8H2,2-4H3. The molecule has 0 heterocycles. The topological polar surface area (TPSA) is 26.3 Å². The van der Waals surface area contributed by atoms with Gasteiger partial charge in [-0.15, -0.1) is 0 Å². The number of ether oxygens (including phenoxy) is 1. The molecule has 0 atom stereocenters. The number of rotatable bonds is 4. The lowest BCUT2D eigenvalue weighted by Gasteiger charge is -2.16. The Morgan fingerprint density at radius 1 is 1.33 bits per heavy atom. The third kappa shape index (κ3) is 5.16. The zero-order chi connectivity index (χ0) is 9.61. The first-order chi connectivity index (χ1) is 5.48. The van der Waals surface area contributed by atoms with Crippen LogP contribution in [0.25, 0.3) is 0 Å². The molecule has 12 heavy (non-hydrogen) atoms. The maximum absolute atomic E-state index is 11.2. The number of hydrogen-bond acceptors (Lipinski definition) is 2. The van der Waals surface area contributed by atoms with E-state index in [1.54, 1.807) is 0 Å². The second-order valence-electron chi connectivity index (χ2n) is 3.95. The molecule has 0 fully saturated rings. The summed E-state index contributed by atoms with van der Waals surface area (Å²) in [7, 11) is 0. The Hall–Kier alpha value is -0.530. The zero-order valence-corrected chi connectivity index (χ0v) is 8.35. The molecule has 0 aliphatic heterocycles. The van der Waals surface area contributed by atoms with Gasteiger partial charge in [0, 0.05) is 0 Å². The summed E-state index contributed by atoms with van der Waals surface area (Å²) in [6.45, 7) is 9.82. The highest BCUT2D eigenvalue weighted by atomic mass is 16.5. The van der Waals surface area contributed by atoms with Gasteiger partial charge >= 0.3 is 5.97 Å². The molecular weight excluding hydrogens is 152 g/mol. The summed E-state index contributed by atoms with van der Waals surface area (Å²) in [6.07, 6.45) is 2.86. The Kier molecular flexibility index (Phi) is 4.95. The maximum Gasteiger partial charge on any atom is 0.311 e. The van der Waals surface area contributed by atoms with Crippen molar-refractivity contribution in [1.82, 2.24) is 0 Å². The fourth-order valence-corrected chi connectivity index (χ4v) is 0.660. The highest BCUT2D eigenvalue weighted by Gasteiger charge is 2.22. The summed E-state index contributed by atoms with van der Waals surface area (Å²) in [6, 6.07) is 0. The van der Waals surface area contributed by atoms with E-state index >= 15 is 0 Å². The Morgan fingerprint density at radius 3 is 2.33 bits per heavy atom. The highest BCUT2D eigenvalue weighted by Crippen LogP contribution is 2.15. The van der Waals surface area contributed by atoms with Gasteiger partial charge in [0.1, 0.15) is 0 Å². The van der Waals surface area contributed by atoms with Crippen molar-refractivity contribution < 1.29 is 9.53 Å². The van der Waals surface area contributed by atoms with Gasteiger partial charge in [-0.2, -0.15) is 0 Å². The van der Waals surface area contributed by atoms with Gasteiger partial charge < -0.3 is 4.74 Å². The van der Waals surface area contributed by atoms with Gasteiger partial charge in [-0.1, -0.05) is 19.8 Å². The molecular formula is C10H19O2. The SMILES string of the molecule is [CH2]CCCCOC(=O)C(C)(C)C. The van der Waals surface area contributed by atoms with E-state index < -0.39 is 0 Å². The van der Waals surface area contributed by atoms with Crippen LogP contribution in [-0.2, 0) is 9.53 Å². The van der Waals surface area contributed by atoms with Crippen LogP contribution in [0.5, 0.6) is 0 Å². The third-order valence-electron chi connectivity index (χ3n) is 1.49. The van der Waals surface area contributed by atoms with Crippen LogP contribution in [0.15, 0.2) is 0 Å². The lowest BCUT2D eigenvalue weighted by Crippen LogP contribution is -2.23. The average molecular weight is 171 g/mol. The molecule has 0 unspecified atom stereocenters. The smallest absolute Gasteiger partial charge is 0.311 e. The van der Waals surface area contributed by atoms with Gasteiger partial charge in [-0.05, 0) is 27.2 Å². The van der Waals surface area contributed by atoms with Gasteiger partial charge in [0.25, 0.3) is 0 Å². The van der Waals surface area contributed by atoms with E-state index in [1.165, 1.54) is 0 Å². The molecule has 0 N–H and O–H groups in total. The van der Waals surface area contributed by atoms with Crippen molar-refractivity contribution in [2.24, 2.45) is 5.41 Å². The fourth-order valence-electron chi connectivity index (χ4n) is 0.660. The lowest BCUT2D eigenvalue weighted by atomic mass is 9.97. The minimum atomic E-state index is -0.371. The van der Waals surface area contributed by atoms with Crippen molar-refractivity contribution in [3.8, 4) is 0 Å². The van der Waals surface area contributed by atoms with Crippen LogP contribution in [0, 0.1) is 12.3 Å². The molecule has 0 aromatic carbocycles. The van der Waals surface area contributed by atoms with Crippen molar-refractivity contribution in [2.75, 3.05) is 6.61 Å². The quantitative estimate of drug-likeness (QED) is 0.480. The van der Waals surface area contributed by atoms with Gasteiger partial charge in [0.2, 0.25) is 0 Å². The van der Waals surface area contributed by atoms with Crippen molar-refractivity contribution in [2.45, 2.75) is 40.0 Å². The molecule has 2 nitrogen and oxygen atoms in total. The molecule has 0 aromatic rings. The molecule has 0 saturated carbocycles. The van der Waals surface area contributed by atoms with Crippen molar-refractivity contribution in [3.63, 3.8) is 0 Å². The predicted octanol–water partition coefficient (Wildman–Crippen LogP) is 2.58. The van der Waals surface area contributed by atoms with E-state index in [4.69, 9.17) is 4.74 Å². The van der Waals surface area contributed by atoms with E-state index in [1.807, 2.05) is 20.8 Å². The number of carbonyl (C=O) groups is 1. The molecule has 0 rings (SSSR count). The van der Waals surface area contributed by atoms with Crippen LogP contribution in [-0.4, -0.2) is 12.6 Å². The predicted molar refractivity (Wildman–Crippen MR) is 49.6 cm³/mol. The first kappa shape index (κ1) is 11.5. The molecule has 0 spiro atoms. The molecule has 0 amide bonds. The Bertz CT molecular complexity index is 133. The van der Waals surface area contributed by atoms with Crippen LogP contribution in [0.4, 0.5) is 0 Å². The van der Waals surface area contributed by atoms with Crippen molar-refractivity contribution >= 4 is 5.97 Å². The van der Waals surface area contributed by atoms with Crippen LogP contribution in [0.1, 0.15) is 40.0 Å². The molecule has 71 valence electrons. The number of carbonyl (C=O) groups excluding carboxylic acids is 1. The van der Waals surface area contributed by atoms with E-state index in [-0.39, 0.29) is 11.4 Å². The minimum Gasteiger partial charge on any atom is -0.465 e. The van der Waals surface area contributed by atoms with Crippen LogP contribution in [0.3, 0.4) is 0 Å². The van der Waals surface area contributed by atoms with Crippen molar-refractivity contribution in [3.05, 3.63) is 6.92 Å². The average Bonchev–Trinajstić information content (AvgIpc) is 1.96. The Balaban J connectivity index is 3.45. The monoisotopic (exact) mass is 171 g/mol. The molecule has 0 bridgehead atoms. The number of hydrogen-bond donors (Lipinski definition) is 0. The summed E-state index contributed by atoms with van der Waals surface area (Å²) < 4.78 is 5.04. The summed E-state index contributed by atoms with van der Waals surface area (Å²) in [5.74, 6) is -0.119. The largest absolute Gasteiger partial charge is 0.465 e. The Labute approximate surface area is 75.3 Å². The Morgan fingerprint density at radius 2 is 1.92 bits per heavy atom.